The van der Waals surface area contributed by atoms with Crippen LogP contribution in [0.25, 0.3) is 0 Å². The summed E-state index contributed by atoms with van der Waals surface area (Å²) in [5.41, 5.74) is 0. The first-order valence-corrected chi connectivity index (χ1v) is 7.16. The van der Waals surface area contributed by atoms with Gasteiger partial charge < -0.3 is 10.4 Å². The van der Waals surface area contributed by atoms with Crippen LogP contribution in [0.15, 0.2) is 0 Å². The number of thioether (sulfide) groups is 1. The quantitative estimate of drug-likeness (QED) is 0.635. The fraction of sp³-hybridized carbons (Fsp3) is 0.909. The van der Waals surface area contributed by atoms with Gasteiger partial charge in [0.15, 0.2) is 0 Å². The van der Waals surface area contributed by atoms with Crippen molar-refractivity contribution in [2.24, 2.45) is 0 Å². The van der Waals surface area contributed by atoms with E-state index in [0.717, 1.165) is 39.0 Å². The zero-order valence-corrected chi connectivity index (χ0v) is 10.6. The van der Waals surface area contributed by atoms with Gasteiger partial charge in [-0.2, -0.15) is 11.8 Å². The Balaban J connectivity index is 1.94. The monoisotopic (exact) mass is 246 g/mol. The molecule has 0 spiro atoms. The fourth-order valence-electron chi connectivity index (χ4n) is 1.66. The molecule has 1 aliphatic heterocycles. The summed E-state index contributed by atoms with van der Waals surface area (Å²) in [4.78, 5) is 13.7. The third-order valence-corrected chi connectivity index (χ3v) is 3.61. The largest absolute Gasteiger partial charge is 0.396 e. The van der Waals surface area contributed by atoms with Gasteiger partial charge in [0, 0.05) is 50.7 Å². The number of nitrogens with zero attached hydrogens (tertiary/aromatic N) is 1. The van der Waals surface area contributed by atoms with Gasteiger partial charge in [-0.15, -0.1) is 0 Å². The van der Waals surface area contributed by atoms with Gasteiger partial charge in [0.1, 0.15) is 0 Å². The van der Waals surface area contributed by atoms with Crippen LogP contribution >= 0.6 is 11.8 Å². The van der Waals surface area contributed by atoms with E-state index in [1.165, 1.54) is 11.5 Å². The standard InChI is InChI=1S/C11H22N2O2S/c14-8-2-1-3-11(15)12-4-5-13-6-9-16-10-7-13/h14H,1-10H2,(H,12,15). The average Bonchev–Trinajstić information content (AvgIpc) is 2.31. The Kier molecular flexibility index (Phi) is 7.63. The van der Waals surface area contributed by atoms with Crippen LogP contribution in [0, 0.1) is 0 Å². The normalized spacial score (nSPS) is 17.3. The van der Waals surface area contributed by atoms with Crippen molar-refractivity contribution in [1.82, 2.24) is 10.2 Å². The number of hydrogen-bond acceptors (Lipinski definition) is 4. The molecular formula is C11H22N2O2S. The molecule has 16 heavy (non-hydrogen) atoms. The van der Waals surface area contributed by atoms with Gasteiger partial charge in [-0.05, 0) is 12.8 Å². The predicted octanol–water partition coefficient (Wildman–Crippen LogP) is 0.314. The molecular weight excluding hydrogens is 224 g/mol. The van der Waals surface area contributed by atoms with Crippen molar-refractivity contribution in [1.29, 1.82) is 0 Å². The number of rotatable bonds is 7. The molecule has 0 unspecified atom stereocenters. The number of carbonyl (C=O) groups excluding carboxylic acids is 1. The molecule has 5 heteroatoms. The molecule has 4 nitrogen and oxygen atoms in total. The lowest BCUT2D eigenvalue weighted by Gasteiger charge is -2.25. The highest BCUT2D eigenvalue weighted by atomic mass is 32.2. The molecule has 0 atom stereocenters. The lowest BCUT2D eigenvalue weighted by atomic mass is 10.2. The molecule has 0 saturated carbocycles. The van der Waals surface area contributed by atoms with Crippen LogP contribution in [0.2, 0.25) is 0 Å². The van der Waals surface area contributed by atoms with Gasteiger partial charge in [-0.25, -0.2) is 0 Å². The zero-order valence-electron chi connectivity index (χ0n) is 9.78. The van der Waals surface area contributed by atoms with Crippen LogP contribution in [0.1, 0.15) is 19.3 Å². The smallest absolute Gasteiger partial charge is 0.220 e. The Labute approximate surface area is 102 Å². The summed E-state index contributed by atoms with van der Waals surface area (Å²) in [5, 5.41) is 11.5. The minimum Gasteiger partial charge on any atom is -0.396 e. The van der Waals surface area contributed by atoms with Crippen molar-refractivity contribution >= 4 is 17.7 Å². The van der Waals surface area contributed by atoms with E-state index >= 15 is 0 Å². The maximum Gasteiger partial charge on any atom is 0.220 e. The number of aliphatic hydroxyl groups excluding tert-OH is 1. The second-order valence-electron chi connectivity index (χ2n) is 3.98. The van der Waals surface area contributed by atoms with Crippen molar-refractivity contribution in [3.8, 4) is 0 Å². The maximum absolute atomic E-state index is 11.3. The number of carbonyl (C=O) groups is 1. The summed E-state index contributed by atoms with van der Waals surface area (Å²) in [7, 11) is 0. The Morgan fingerprint density at radius 1 is 1.31 bits per heavy atom. The second-order valence-corrected chi connectivity index (χ2v) is 5.21. The fourth-order valence-corrected chi connectivity index (χ4v) is 2.64. The Morgan fingerprint density at radius 2 is 2.06 bits per heavy atom. The molecule has 0 bridgehead atoms. The minimum absolute atomic E-state index is 0.111. The number of aliphatic hydroxyl groups is 1. The molecule has 1 rings (SSSR count). The summed E-state index contributed by atoms with van der Waals surface area (Å²) in [5.74, 6) is 2.54. The van der Waals surface area contributed by atoms with Crippen LogP contribution in [-0.2, 0) is 4.79 Å². The minimum atomic E-state index is 0.111. The maximum atomic E-state index is 11.3. The summed E-state index contributed by atoms with van der Waals surface area (Å²) < 4.78 is 0. The molecule has 94 valence electrons. The first kappa shape index (κ1) is 13.8. The van der Waals surface area contributed by atoms with Crippen molar-refractivity contribution in [3.05, 3.63) is 0 Å². The highest BCUT2D eigenvalue weighted by Gasteiger charge is 2.09. The van der Waals surface area contributed by atoms with Gasteiger partial charge in [-0.3, -0.25) is 9.69 Å². The van der Waals surface area contributed by atoms with E-state index in [2.05, 4.69) is 10.2 Å². The topological polar surface area (TPSA) is 52.6 Å². The molecule has 2 N–H and O–H groups in total. The summed E-state index contributed by atoms with van der Waals surface area (Å²) in [6, 6.07) is 0. The van der Waals surface area contributed by atoms with Crippen LogP contribution in [0.3, 0.4) is 0 Å². The average molecular weight is 246 g/mol. The molecule has 0 radical (unpaired) electrons. The highest BCUT2D eigenvalue weighted by Crippen LogP contribution is 2.07. The number of amides is 1. The summed E-state index contributed by atoms with van der Waals surface area (Å²) >= 11 is 2.00. The van der Waals surface area contributed by atoms with Crippen LogP contribution < -0.4 is 5.32 Å². The molecule has 1 saturated heterocycles. The van der Waals surface area contributed by atoms with Crippen LogP contribution in [0.5, 0.6) is 0 Å². The van der Waals surface area contributed by atoms with E-state index in [1.54, 1.807) is 0 Å². The third-order valence-electron chi connectivity index (χ3n) is 2.67. The van der Waals surface area contributed by atoms with Crippen molar-refractivity contribution < 1.29 is 9.90 Å². The molecule has 0 aliphatic carbocycles. The van der Waals surface area contributed by atoms with E-state index < -0.39 is 0 Å². The van der Waals surface area contributed by atoms with Gasteiger partial charge >= 0.3 is 0 Å². The first-order valence-electron chi connectivity index (χ1n) is 6.00. The van der Waals surface area contributed by atoms with Gasteiger partial charge in [-0.1, -0.05) is 0 Å². The molecule has 0 aromatic rings. The highest BCUT2D eigenvalue weighted by molar-refractivity contribution is 7.99. The summed E-state index contributed by atoms with van der Waals surface area (Å²) in [6.07, 6.45) is 2.04. The van der Waals surface area contributed by atoms with E-state index in [4.69, 9.17) is 5.11 Å². The van der Waals surface area contributed by atoms with Crippen molar-refractivity contribution in [2.45, 2.75) is 19.3 Å². The lowest BCUT2D eigenvalue weighted by molar-refractivity contribution is -0.121. The number of hydrogen-bond donors (Lipinski definition) is 2. The van der Waals surface area contributed by atoms with Gasteiger partial charge in [0.2, 0.25) is 5.91 Å². The molecule has 1 aliphatic rings. The van der Waals surface area contributed by atoms with Crippen LogP contribution in [0.4, 0.5) is 0 Å². The SMILES string of the molecule is O=C(CCCCO)NCCN1CCSCC1. The zero-order chi connectivity index (χ0) is 11.6. The summed E-state index contributed by atoms with van der Waals surface area (Å²) in [6.45, 7) is 4.18. The van der Waals surface area contributed by atoms with E-state index in [0.29, 0.717) is 6.42 Å². The Hall–Kier alpha value is -0.260. The third kappa shape index (κ3) is 6.35. The predicted molar refractivity (Wildman–Crippen MR) is 67.7 cm³/mol. The van der Waals surface area contributed by atoms with Crippen LogP contribution in [-0.4, -0.2) is 60.2 Å². The molecule has 1 amide bonds. The lowest BCUT2D eigenvalue weighted by Crippen LogP contribution is -2.39. The van der Waals surface area contributed by atoms with E-state index in [-0.39, 0.29) is 12.5 Å². The van der Waals surface area contributed by atoms with Gasteiger partial charge in [0.05, 0.1) is 0 Å². The van der Waals surface area contributed by atoms with Crippen molar-refractivity contribution in [3.63, 3.8) is 0 Å². The molecule has 0 aromatic carbocycles. The molecule has 0 aromatic heterocycles. The Morgan fingerprint density at radius 3 is 2.75 bits per heavy atom. The van der Waals surface area contributed by atoms with E-state index in [9.17, 15) is 4.79 Å². The molecule has 1 heterocycles. The van der Waals surface area contributed by atoms with E-state index in [1.807, 2.05) is 11.8 Å². The number of nitrogens with one attached hydrogen (secondary N) is 1. The first-order chi connectivity index (χ1) is 7.83. The van der Waals surface area contributed by atoms with Crippen molar-refractivity contribution in [2.75, 3.05) is 44.3 Å². The molecule has 1 fully saturated rings. The Bertz CT molecular complexity index is 196. The van der Waals surface area contributed by atoms with Gasteiger partial charge in [0.25, 0.3) is 0 Å². The number of unbranched alkanes of at least 4 members (excludes halogenated alkanes) is 1. The second kappa shape index (κ2) is 8.84.